The fourth-order valence-electron chi connectivity index (χ4n) is 3.41. The smallest absolute Gasteiger partial charge is 0.225 e. The maximum Gasteiger partial charge on any atom is 0.225 e. The first-order chi connectivity index (χ1) is 10.5. The van der Waals surface area contributed by atoms with Crippen LogP contribution in [0.1, 0.15) is 20.3 Å². The highest BCUT2D eigenvalue weighted by molar-refractivity contribution is 5.31. The van der Waals surface area contributed by atoms with E-state index in [2.05, 4.69) is 33.6 Å². The maximum absolute atomic E-state index is 11.3. The summed E-state index contributed by atoms with van der Waals surface area (Å²) in [6.45, 7) is 9.89. The van der Waals surface area contributed by atoms with Gasteiger partial charge in [-0.05, 0) is 12.5 Å². The molecule has 0 aliphatic carbocycles. The van der Waals surface area contributed by atoms with Crippen molar-refractivity contribution in [3.63, 3.8) is 0 Å². The first-order valence-electron chi connectivity index (χ1n) is 8.05. The van der Waals surface area contributed by atoms with Gasteiger partial charge in [-0.1, -0.05) is 13.8 Å². The van der Waals surface area contributed by atoms with Crippen molar-refractivity contribution in [3.05, 3.63) is 18.5 Å². The molecule has 22 heavy (non-hydrogen) atoms. The topological polar surface area (TPSA) is 61.7 Å². The van der Waals surface area contributed by atoms with Crippen molar-refractivity contribution in [1.82, 2.24) is 14.9 Å². The summed E-state index contributed by atoms with van der Waals surface area (Å²) in [7, 11) is 0. The summed E-state index contributed by atoms with van der Waals surface area (Å²) in [4.78, 5) is 13.2. The van der Waals surface area contributed by atoms with Gasteiger partial charge in [-0.3, -0.25) is 4.90 Å². The molecule has 3 heterocycles. The Labute approximate surface area is 132 Å². The second kappa shape index (κ2) is 6.10. The summed E-state index contributed by atoms with van der Waals surface area (Å²) >= 11 is 0. The van der Waals surface area contributed by atoms with Crippen LogP contribution in [0.25, 0.3) is 0 Å². The Morgan fingerprint density at radius 2 is 1.86 bits per heavy atom. The van der Waals surface area contributed by atoms with E-state index >= 15 is 0 Å². The second-order valence-electron chi connectivity index (χ2n) is 7.02. The van der Waals surface area contributed by atoms with Crippen LogP contribution in [-0.2, 0) is 4.74 Å². The van der Waals surface area contributed by atoms with Crippen LogP contribution in [0.3, 0.4) is 0 Å². The molecule has 0 radical (unpaired) electrons. The average molecular weight is 306 g/mol. The summed E-state index contributed by atoms with van der Waals surface area (Å²) in [6, 6.07) is 1.83. The molecule has 2 saturated heterocycles. The third kappa shape index (κ3) is 3.09. The SMILES string of the molecule is CC1(C)CN(c2ncccn2)CC[C@]1(O)CN1CCOCC1. The zero-order valence-electron chi connectivity index (χ0n) is 13.5. The molecule has 0 amide bonds. The number of hydrogen-bond acceptors (Lipinski definition) is 6. The van der Waals surface area contributed by atoms with Crippen molar-refractivity contribution >= 4 is 5.95 Å². The molecule has 1 aromatic heterocycles. The van der Waals surface area contributed by atoms with E-state index in [4.69, 9.17) is 4.74 Å². The minimum Gasteiger partial charge on any atom is -0.388 e. The van der Waals surface area contributed by atoms with Crippen LogP contribution in [-0.4, -0.2) is 71.5 Å². The number of aliphatic hydroxyl groups is 1. The molecule has 6 nitrogen and oxygen atoms in total. The van der Waals surface area contributed by atoms with Crippen LogP contribution in [0.15, 0.2) is 18.5 Å². The van der Waals surface area contributed by atoms with Crippen molar-refractivity contribution < 1.29 is 9.84 Å². The van der Waals surface area contributed by atoms with E-state index in [1.807, 2.05) is 6.07 Å². The number of rotatable bonds is 3. The lowest BCUT2D eigenvalue weighted by molar-refractivity contribution is -0.111. The fourth-order valence-corrected chi connectivity index (χ4v) is 3.41. The highest BCUT2D eigenvalue weighted by atomic mass is 16.5. The molecule has 1 atom stereocenters. The van der Waals surface area contributed by atoms with Crippen molar-refractivity contribution in [1.29, 1.82) is 0 Å². The molecule has 122 valence electrons. The average Bonchev–Trinajstić information content (AvgIpc) is 2.52. The summed E-state index contributed by atoms with van der Waals surface area (Å²) in [5.41, 5.74) is -0.904. The molecular formula is C16H26N4O2. The Balaban J connectivity index is 1.69. The van der Waals surface area contributed by atoms with E-state index in [9.17, 15) is 5.11 Å². The van der Waals surface area contributed by atoms with Gasteiger partial charge in [0.25, 0.3) is 0 Å². The van der Waals surface area contributed by atoms with E-state index in [0.717, 1.165) is 51.8 Å². The Morgan fingerprint density at radius 3 is 2.50 bits per heavy atom. The Bertz CT molecular complexity index is 490. The van der Waals surface area contributed by atoms with Gasteiger partial charge < -0.3 is 14.7 Å². The number of morpholine rings is 1. The summed E-state index contributed by atoms with van der Waals surface area (Å²) in [6.07, 6.45) is 4.27. The zero-order chi connectivity index (χ0) is 15.6. The highest BCUT2D eigenvalue weighted by Crippen LogP contribution is 2.40. The molecule has 0 saturated carbocycles. The third-order valence-electron chi connectivity index (χ3n) is 5.07. The molecule has 0 aromatic carbocycles. The predicted molar refractivity (Wildman–Crippen MR) is 84.9 cm³/mol. The van der Waals surface area contributed by atoms with E-state index in [-0.39, 0.29) is 5.41 Å². The van der Waals surface area contributed by atoms with Gasteiger partial charge in [0.15, 0.2) is 0 Å². The standard InChI is InChI=1S/C16H26N4O2/c1-15(2)12-20(14-17-5-3-6-18-14)7-4-16(15,21)13-19-8-10-22-11-9-19/h3,5-6,21H,4,7-13H2,1-2H3/t16-/m0/s1. The van der Waals surface area contributed by atoms with Crippen LogP contribution in [0.2, 0.25) is 0 Å². The lowest BCUT2D eigenvalue weighted by atomic mass is 9.69. The molecule has 0 unspecified atom stereocenters. The third-order valence-corrected chi connectivity index (χ3v) is 5.07. The maximum atomic E-state index is 11.3. The van der Waals surface area contributed by atoms with Gasteiger partial charge in [-0.2, -0.15) is 0 Å². The first kappa shape index (κ1) is 15.6. The molecular weight excluding hydrogens is 280 g/mol. The summed E-state index contributed by atoms with van der Waals surface area (Å²) < 4.78 is 5.40. The Hall–Kier alpha value is -1.24. The minimum atomic E-state index is -0.685. The van der Waals surface area contributed by atoms with Crippen LogP contribution in [0, 0.1) is 5.41 Å². The Kier molecular flexibility index (Phi) is 4.34. The summed E-state index contributed by atoms with van der Waals surface area (Å²) in [5, 5.41) is 11.3. The van der Waals surface area contributed by atoms with Crippen molar-refractivity contribution in [2.75, 3.05) is 50.8 Å². The lowest BCUT2D eigenvalue weighted by Gasteiger charge is -2.52. The van der Waals surface area contributed by atoms with E-state index in [0.29, 0.717) is 6.54 Å². The fraction of sp³-hybridized carbons (Fsp3) is 0.750. The quantitative estimate of drug-likeness (QED) is 0.890. The number of piperidine rings is 1. The van der Waals surface area contributed by atoms with Crippen molar-refractivity contribution in [2.45, 2.75) is 25.9 Å². The van der Waals surface area contributed by atoms with Crippen LogP contribution >= 0.6 is 0 Å². The second-order valence-corrected chi connectivity index (χ2v) is 7.02. The van der Waals surface area contributed by atoms with Gasteiger partial charge >= 0.3 is 0 Å². The molecule has 0 bridgehead atoms. The van der Waals surface area contributed by atoms with Crippen LogP contribution in [0.4, 0.5) is 5.95 Å². The normalized spacial score (nSPS) is 29.5. The lowest BCUT2D eigenvalue weighted by Crippen LogP contribution is -2.62. The van der Waals surface area contributed by atoms with Crippen molar-refractivity contribution in [3.8, 4) is 0 Å². The molecule has 2 fully saturated rings. The number of ether oxygens (including phenoxy) is 1. The largest absolute Gasteiger partial charge is 0.388 e. The Morgan fingerprint density at radius 1 is 1.18 bits per heavy atom. The van der Waals surface area contributed by atoms with Gasteiger partial charge in [-0.25, -0.2) is 9.97 Å². The van der Waals surface area contributed by atoms with E-state index in [1.54, 1.807) is 12.4 Å². The molecule has 6 heteroatoms. The molecule has 2 aliphatic rings. The zero-order valence-corrected chi connectivity index (χ0v) is 13.5. The van der Waals surface area contributed by atoms with Crippen LogP contribution < -0.4 is 4.90 Å². The first-order valence-corrected chi connectivity index (χ1v) is 8.05. The van der Waals surface area contributed by atoms with Gasteiger partial charge in [0.1, 0.15) is 0 Å². The molecule has 1 aromatic rings. The van der Waals surface area contributed by atoms with Gasteiger partial charge in [0.05, 0.1) is 18.8 Å². The monoisotopic (exact) mass is 306 g/mol. The number of hydrogen-bond donors (Lipinski definition) is 1. The van der Waals surface area contributed by atoms with Gasteiger partial charge in [0, 0.05) is 50.5 Å². The number of anilines is 1. The highest BCUT2D eigenvalue weighted by Gasteiger charge is 2.48. The predicted octanol–water partition coefficient (Wildman–Crippen LogP) is 0.776. The van der Waals surface area contributed by atoms with Gasteiger partial charge in [0.2, 0.25) is 5.95 Å². The minimum absolute atomic E-state index is 0.219. The number of aromatic nitrogens is 2. The molecule has 0 spiro atoms. The van der Waals surface area contributed by atoms with Crippen LogP contribution in [0.5, 0.6) is 0 Å². The van der Waals surface area contributed by atoms with Crippen molar-refractivity contribution in [2.24, 2.45) is 5.41 Å². The number of β-amino-alcohol motifs (C(OH)–C–C–N with tert-alkyl or cyclic N) is 1. The van der Waals surface area contributed by atoms with E-state index in [1.165, 1.54) is 0 Å². The molecule has 1 N–H and O–H groups in total. The number of nitrogens with zero attached hydrogens (tertiary/aromatic N) is 4. The van der Waals surface area contributed by atoms with E-state index < -0.39 is 5.60 Å². The summed E-state index contributed by atoms with van der Waals surface area (Å²) in [5.74, 6) is 0.754. The molecule has 3 rings (SSSR count). The molecule has 2 aliphatic heterocycles. The van der Waals surface area contributed by atoms with Gasteiger partial charge in [-0.15, -0.1) is 0 Å².